The van der Waals surface area contributed by atoms with Crippen LogP contribution in [-0.4, -0.2) is 58.5 Å². The Labute approximate surface area is 178 Å². The van der Waals surface area contributed by atoms with Crippen LogP contribution in [-0.2, 0) is 11.3 Å². The predicted octanol–water partition coefficient (Wildman–Crippen LogP) is 2.77. The molecule has 1 amide bonds. The predicted molar refractivity (Wildman–Crippen MR) is 120 cm³/mol. The Hall–Kier alpha value is -2.57. The van der Waals surface area contributed by atoms with Gasteiger partial charge >= 0.3 is 0 Å². The summed E-state index contributed by atoms with van der Waals surface area (Å²) in [6, 6.07) is 8.50. The molecular formula is C23H34N6O. The molecule has 1 unspecified atom stereocenters. The zero-order valence-corrected chi connectivity index (χ0v) is 18.0. The van der Waals surface area contributed by atoms with Crippen LogP contribution in [0.4, 0.5) is 0 Å². The van der Waals surface area contributed by atoms with Crippen LogP contribution in [0.5, 0.6) is 0 Å². The number of carbonyl (C=O) groups excluding carboxylic acids is 1. The number of likely N-dealkylation sites (tertiary alicyclic amines) is 1. The monoisotopic (exact) mass is 410 g/mol. The van der Waals surface area contributed by atoms with Gasteiger partial charge in [-0.2, -0.15) is 0 Å². The highest BCUT2D eigenvalue weighted by molar-refractivity contribution is 5.81. The van der Waals surface area contributed by atoms with Crippen LogP contribution < -0.4 is 10.6 Å². The van der Waals surface area contributed by atoms with Crippen molar-refractivity contribution in [3.8, 4) is 0 Å². The van der Waals surface area contributed by atoms with Crippen molar-refractivity contribution in [1.82, 2.24) is 25.1 Å². The standard InChI is InChI=1S/C23H34N6O/c1-2-24-23(25-13-7-14-29-17-26-20-10-5-6-11-21(20)29)27-19-12-15-28(16-19)22(30)18-8-3-4-9-18/h5-6,10-11,17-19H,2-4,7-9,12-16H2,1H3,(H2,24,25,27). The van der Waals surface area contributed by atoms with Crippen LogP contribution in [0.15, 0.2) is 35.6 Å². The second kappa shape index (κ2) is 9.96. The maximum absolute atomic E-state index is 12.7. The SMILES string of the molecule is CCNC(=NCCCn1cnc2ccccc21)NC1CCN(C(=O)C2CCCC2)C1. The molecule has 2 fully saturated rings. The van der Waals surface area contributed by atoms with Gasteiger partial charge < -0.3 is 20.1 Å². The summed E-state index contributed by atoms with van der Waals surface area (Å²) >= 11 is 0. The Kier molecular flexibility index (Phi) is 6.87. The highest BCUT2D eigenvalue weighted by Crippen LogP contribution is 2.27. The van der Waals surface area contributed by atoms with Gasteiger partial charge in [0.2, 0.25) is 5.91 Å². The fourth-order valence-electron chi connectivity index (χ4n) is 4.64. The zero-order valence-electron chi connectivity index (χ0n) is 18.0. The minimum Gasteiger partial charge on any atom is -0.357 e. The molecule has 1 aromatic carbocycles. The van der Waals surface area contributed by atoms with Crippen LogP contribution in [0.2, 0.25) is 0 Å². The molecule has 162 valence electrons. The number of benzene rings is 1. The number of aromatic nitrogens is 2. The van der Waals surface area contributed by atoms with Gasteiger partial charge in [0.15, 0.2) is 5.96 Å². The third-order valence-corrected chi connectivity index (χ3v) is 6.24. The minimum atomic E-state index is 0.268. The van der Waals surface area contributed by atoms with Gasteiger partial charge in [0.05, 0.1) is 17.4 Å². The lowest BCUT2D eigenvalue weighted by Crippen LogP contribution is -2.45. The van der Waals surface area contributed by atoms with Gasteiger partial charge in [0, 0.05) is 44.7 Å². The molecule has 0 radical (unpaired) electrons. The number of amides is 1. The van der Waals surface area contributed by atoms with Crippen LogP contribution in [0.1, 0.15) is 45.4 Å². The number of aliphatic imine (C=N–C) groups is 1. The lowest BCUT2D eigenvalue weighted by Gasteiger charge is -2.21. The van der Waals surface area contributed by atoms with E-state index in [0.717, 1.165) is 69.9 Å². The Morgan fingerprint density at radius 1 is 1.23 bits per heavy atom. The van der Waals surface area contributed by atoms with Crippen molar-refractivity contribution in [2.45, 2.75) is 58.0 Å². The molecule has 4 rings (SSSR count). The van der Waals surface area contributed by atoms with Crippen molar-refractivity contribution >= 4 is 22.9 Å². The molecule has 1 aliphatic heterocycles. The molecule has 7 heteroatoms. The van der Waals surface area contributed by atoms with E-state index in [1.807, 2.05) is 24.5 Å². The van der Waals surface area contributed by atoms with E-state index in [9.17, 15) is 4.79 Å². The number of aryl methyl sites for hydroxylation is 1. The molecule has 2 heterocycles. The second-order valence-corrected chi connectivity index (χ2v) is 8.44. The van der Waals surface area contributed by atoms with E-state index in [4.69, 9.17) is 4.99 Å². The van der Waals surface area contributed by atoms with Gasteiger partial charge in [0.1, 0.15) is 0 Å². The van der Waals surface area contributed by atoms with Gasteiger partial charge in [-0.15, -0.1) is 0 Å². The molecule has 1 atom stereocenters. The maximum Gasteiger partial charge on any atom is 0.225 e. The Bertz CT molecular complexity index is 869. The largest absolute Gasteiger partial charge is 0.357 e. The first-order valence-corrected chi connectivity index (χ1v) is 11.5. The summed E-state index contributed by atoms with van der Waals surface area (Å²) in [6.07, 6.45) is 8.41. The summed E-state index contributed by atoms with van der Waals surface area (Å²) in [6.45, 7) is 6.21. The van der Waals surface area contributed by atoms with E-state index < -0.39 is 0 Å². The number of nitrogens with zero attached hydrogens (tertiary/aromatic N) is 4. The van der Waals surface area contributed by atoms with Crippen molar-refractivity contribution in [3.05, 3.63) is 30.6 Å². The fourth-order valence-corrected chi connectivity index (χ4v) is 4.64. The van der Waals surface area contributed by atoms with E-state index in [1.54, 1.807) is 0 Å². The molecule has 2 aliphatic rings. The van der Waals surface area contributed by atoms with Crippen molar-refractivity contribution in [2.75, 3.05) is 26.2 Å². The van der Waals surface area contributed by atoms with Crippen LogP contribution in [0, 0.1) is 5.92 Å². The molecule has 1 saturated carbocycles. The first kappa shape index (κ1) is 20.7. The molecule has 0 spiro atoms. The number of hydrogen-bond donors (Lipinski definition) is 2. The lowest BCUT2D eigenvalue weighted by atomic mass is 10.1. The lowest BCUT2D eigenvalue weighted by molar-refractivity contribution is -0.134. The normalized spacial score (nSPS) is 20.2. The number of imidazole rings is 1. The molecule has 30 heavy (non-hydrogen) atoms. The van der Waals surface area contributed by atoms with Gasteiger partial charge in [0.25, 0.3) is 0 Å². The van der Waals surface area contributed by atoms with E-state index in [-0.39, 0.29) is 12.0 Å². The zero-order chi connectivity index (χ0) is 20.8. The van der Waals surface area contributed by atoms with E-state index >= 15 is 0 Å². The van der Waals surface area contributed by atoms with E-state index in [0.29, 0.717) is 5.91 Å². The molecule has 2 N–H and O–H groups in total. The second-order valence-electron chi connectivity index (χ2n) is 8.44. The number of hydrogen-bond acceptors (Lipinski definition) is 3. The molecular weight excluding hydrogens is 376 g/mol. The number of carbonyl (C=O) groups is 1. The summed E-state index contributed by atoms with van der Waals surface area (Å²) < 4.78 is 2.19. The number of nitrogens with one attached hydrogen (secondary N) is 2. The molecule has 2 aromatic rings. The van der Waals surface area contributed by atoms with Crippen molar-refractivity contribution in [2.24, 2.45) is 10.9 Å². The number of fused-ring (bicyclic) bond motifs is 1. The quantitative estimate of drug-likeness (QED) is 0.418. The highest BCUT2D eigenvalue weighted by Gasteiger charge is 2.32. The third-order valence-electron chi connectivity index (χ3n) is 6.24. The van der Waals surface area contributed by atoms with Crippen LogP contribution in [0.25, 0.3) is 11.0 Å². The van der Waals surface area contributed by atoms with E-state index in [2.05, 4.69) is 38.1 Å². The molecule has 7 nitrogen and oxygen atoms in total. The minimum absolute atomic E-state index is 0.268. The van der Waals surface area contributed by atoms with Gasteiger partial charge in [-0.25, -0.2) is 4.98 Å². The smallest absolute Gasteiger partial charge is 0.225 e. The molecule has 0 bridgehead atoms. The van der Waals surface area contributed by atoms with E-state index in [1.165, 1.54) is 18.4 Å². The van der Waals surface area contributed by atoms with Crippen LogP contribution in [0.3, 0.4) is 0 Å². The van der Waals surface area contributed by atoms with Crippen LogP contribution >= 0.6 is 0 Å². The molecule has 1 aliphatic carbocycles. The number of guanidine groups is 1. The Morgan fingerprint density at radius 3 is 2.90 bits per heavy atom. The van der Waals surface area contributed by atoms with Crippen molar-refractivity contribution in [1.29, 1.82) is 0 Å². The third kappa shape index (κ3) is 4.94. The van der Waals surface area contributed by atoms with Gasteiger partial charge in [-0.05, 0) is 44.7 Å². The topological polar surface area (TPSA) is 74.6 Å². The number of para-hydroxylation sites is 2. The Morgan fingerprint density at radius 2 is 2.07 bits per heavy atom. The summed E-state index contributed by atoms with van der Waals surface area (Å²) in [4.78, 5) is 23.9. The van der Waals surface area contributed by atoms with Crippen molar-refractivity contribution < 1.29 is 4.79 Å². The summed E-state index contributed by atoms with van der Waals surface area (Å²) in [5, 5.41) is 6.89. The fraction of sp³-hybridized carbons (Fsp3) is 0.609. The average Bonchev–Trinajstić information content (AvgIpc) is 3.52. The highest BCUT2D eigenvalue weighted by atomic mass is 16.2. The van der Waals surface area contributed by atoms with Gasteiger partial charge in [-0.1, -0.05) is 25.0 Å². The first-order chi connectivity index (χ1) is 14.7. The maximum atomic E-state index is 12.7. The van der Waals surface area contributed by atoms with Crippen molar-refractivity contribution in [3.63, 3.8) is 0 Å². The summed E-state index contributed by atoms with van der Waals surface area (Å²) in [7, 11) is 0. The average molecular weight is 411 g/mol. The van der Waals surface area contributed by atoms with Gasteiger partial charge in [-0.3, -0.25) is 9.79 Å². The summed E-state index contributed by atoms with van der Waals surface area (Å²) in [5.74, 6) is 1.49. The number of rotatable bonds is 7. The molecule has 1 aromatic heterocycles. The first-order valence-electron chi connectivity index (χ1n) is 11.5. The summed E-state index contributed by atoms with van der Waals surface area (Å²) in [5.41, 5.74) is 2.21. The Balaban J connectivity index is 1.26. The molecule has 1 saturated heterocycles.